The number of carbonyl (C=O) groups is 4. The molecule has 2 unspecified atom stereocenters. The molecule has 0 spiro atoms. The summed E-state index contributed by atoms with van der Waals surface area (Å²) < 4.78 is 69.0. The predicted octanol–water partition coefficient (Wildman–Crippen LogP) is 26.9. The largest absolute Gasteiger partial charge is 0.472 e. The van der Waals surface area contributed by atoms with Crippen LogP contribution in [0.3, 0.4) is 0 Å². The van der Waals surface area contributed by atoms with Crippen LogP contribution in [0.4, 0.5) is 0 Å². The Morgan fingerprint density at radius 2 is 0.377 bits per heavy atom. The average Bonchev–Trinajstić information content (AvgIpc) is 0.902. The number of esters is 4. The van der Waals surface area contributed by atoms with Gasteiger partial charge < -0.3 is 33.8 Å². The molecular weight excluding hydrogens is 1380 g/mol. The first kappa shape index (κ1) is 104. The number of aliphatic hydroxyl groups is 1. The number of aliphatic hydroxyl groups excluding tert-OH is 1. The highest BCUT2D eigenvalue weighted by Crippen LogP contribution is 2.45. The van der Waals surface area contributed by atoms with Crippen LogP contribution in [-0.4, -0.2) is 96.7 Å². The summed E-state index contributed by atoms with van der Waals surface area (Å²) in [5.74, 6) is -2.09. The van der Waals surface area contributed by atoms with E-state index in [9.17, 15) is 43.2 Å². The van der Waals surface area contributed by atoms with Gasteiger partial charge in [0.15, 0.2) is 12.2 Å². The number of hydrogen-bond acceptors (Lipinski definition) is 15. The molecule has 19 heteroatoms. The van der Waals surface area contributed by atoms with Crippen molar-refractivity contribution in [2.45, 2.75) is 495 Å². The Morgan fingerprint density at radius 3 is 0.557 bits per heavy atom. The summed E-state index contributed by atoms with van der Waals surface area (Å²) in [5.41, 5.74) is 0. The number of phosphoric acid groups is 2. The van der Waals surface area contributed by atoms with E-state index in [1.54, 1.807) is 0 Å². The average molecular weight is 1550 g/mol. The second-order valence-electron chi connectivity index (χ2n) is 31.3. The van der Waals surface area contributed by atoms with Gasteiger partial charge in [-0.2, -0.15) is 0 Å². The summed E-state index contributed by atoms with van der Waals surface area (Å²) in [4.78, 5) is 73.3. The number of unbranched alkanes of at least 4 members (excludes halogenated alkanes) is 62. The van der Waals surface area contributed by atoms with E-state index in [0.29, 0.717) is 25.7 Å². The lowest BCUT2D eigenvalue weighted by atomic mass is 10.0. The molecule has 0 saturated heterocycles. The normalized spacial score (nSPS) is 13.7. The van der Waals surface area contributed by atoms with Crippen LogP contribution in [0.5, 0.6) is 0 Å². The lowest BCUT2D eigenvalue weighted by Crippen LogP contribution is -2.30. The van der Waals surface area contributed by atoms with E-state index < -0.39 is 97.5 Å². The summed E-state index contributed by atoms with van der Waals surface area (Å²) in [7, 11) is -9.93. The molecule has 0 aromatic rings. The first-order valence-electron chi connectivity index (χ1n) is 45.3. The van der Waals surface area contributed by atoms with Gasteiger partial charge in [-0.05, 0) is 25.7 Å². The van der Waals surface area contributed by atoms with E-state index in [2.05, 4.69) is 27.7 Å². The maximum absolute atomic E-state index is 13.2. The molecule has 0 aliphatic carbocycles. The highest BCUT2D eigenvalue weighted by atomic mass is 31.2. The fourth-order valence-electron chi connectivity index (χ4n) is 13.7. The van der Waals surface area contributed by atoms with Gasteiger partial charge in [0.05, 0.1) is 26.4 Å². The molecule has 0 aliphatic rings. The van der Waals surface area contributed by atoms with E-state index in [1.807, 2.05) is 0 Å². The van der Waals surface area contributed by atoms with Crippen LogP contribution in [0.15, 0.2) is 0 Å². The van der Waals surface area contributed by atoms with Gasteiger partial charge in [0.2, 0.25) is 0 Å². The smallest absolute Gasteiger partial charge is 0.462 e. The second kappa shape index (κ2) is 81.1. The van der Waals surface area contributed by atoms with Gasteiger partial charge in [-0.15, -0.1) is 0 Å². The molecule has 0 rings (SSSR count). The van der Waals surface area contributed by atoms with Crippen LogP contribution in [0.1, 0.15) is 477 Å². The third kappa shape index (κ3) is 80.1. The molecule has 17 nitrogen and oxygen atoms in total. The number of phosphoric ester groups is 2. The Kier molecular flexibility index (Phi) is 79.6. The summed E-state index contributed by atoms with van der Waals surface area (Å²) in [6.45, 7) is 5.07. The molecule has 0 bridgehead atoms. The Labute approximate surface area is 651 Å². The fourth-order valence-corrected chi connectivity index (χ4v) is 15.3. The van der Waals surface area contributed by atoms with Crippen molar-refractivity contribution in [1.29, 1.82) is 0 Å². The molecule has 0 heterocycles. The van der Waals surface area contributed by atoms with Gasteiger partial charge in [0.25, 0.3) is 0 Å². The van der Waals surface area contributed by atoms with Crippen molar-refractivity contribution in [3.05, 3.63) is 0 Å². The monoisotopic (exact) mass is 1550 g/mol. The molecule has 0 fully saturated rings. The van der Waals surface area contributed by atoms with Gasteiger partial charge >= 0.3 is 39.5 Å². The molecule has 106 heavy (non-hydrogen) atoms. The molecule has 0 amide bonds. The fraction of sp³-hybridized carbons (Fsp3) is 0.954. The first-order chi connectivity index (χ1) is 51.7. The van der Waals surface area contributed by atoms with Crippen molar-refractivity contribution in [3.63, 3.8) is 0 Å². The van der Waals surface area contributed by atoms with Gasteiger partial charge in [-0.1, -0.05) is 426 Å². The molecule has 0 aromatic heterocycles. The Hall–Kier alpha value is -1.94. The molecule has 0 aromatic carbocycles. The number of hydrogen-bond donors (Lipinski definition) is 3. The maximum atomic E-state index is 13.2. The minimum Gasteiger partial charge on any atom is -0.462 e. The molecular formula is C87H170O17P2. The summed E-state index contributed by atoms with van der Waals surface area (Å²) in [6.07, 6.45) is 76.3. The van der Waals surface area contributed by atoms with Crippen molar-refractivity contribution in [2.24, 2.45) is 0 Å². The van der Waals surface area contributed by atoms with E-state index in [-0.39, 0.29) is 25.7 Å². The van der Waals surface area contributed by atoms with Crippen molar-refractivity contribution in [3.8, 4) is 0 Å². The Bertz CT molecular complexity index is 2000. The van der Waals surface area contributed by atoms with E-state index in [4.69, 9.17) is 37.0 Å². The second-order valence-corrected chi connectivity index (χ2v) is 34.2. The highest BCUT2D eigenvalue weighted by molar-refractivity contribution is 7.47. The van der Waals surface area contributed by atoms with Crippen LogP contribution in [0.25, 0.3) is 0 Å². The third-order valence-corrected chi connectivity index (χ3v) is 22.5. The van der Waals surface area contributed by atoms with Crippen LogP contribution in [0, 0.1) is 0 Å². The molecule has 0 saturated carbocycles. The quantitative estimate of drug-likeness (QED) is 0.0222. The molecule has 5 atom stereocenters. The van der Waals surface area contributed by atoms with Gasteiger partial charge in [0.1, 0.15) is 19.3 Å². The predicted molar refractivity (Wildman–Crippen MR) is 437 cm³/mol. The van der Waals surface area contributed by atoms with E-state index in [0.717, 1.165) is 89.9 Å². The number of carbonyl (C=O) groups excluding carboxylic acids is 4. The summed E-state index contributed by atoms with van der Waals surface area (Å²) in [6, 6.07) is 0. The van der Waals surface area contributed by atoms with E-state index in [1.165, 1.54) is 308 Å². The van der Waals surface area contributed by atoms with Gasteiger partial charge in [-0.3, -0.25) is 37.3 Å². The summed E-state index contributed by atoms with van der Waals surface area (Å²) >= 11 is 0. The van der Waals surface area contributed by atoms with Crippen LogP contribution < -0.4 is 0 Å². The lowest BCUT2D eigenvalue weighted by molar-refractivity contribution is -0.161. The first-order valence-corrected chi connectivity index (χ1v) is 48.3. The molecule has 0 radical (unpaired) electrons. The van der Waals surface area contributed by atoms with Crippen molar-refractivity contribution >= 4 is 39.5 Å². The zero-order chi connectivity index (χ0) is 77.4. The standard InChI is InChI=1S/C87H170O17P2/c1-5-9-13-17-21-25-29-33-36-38-40-42-44-46-50-54-58-62-66-70-74-87(92)104-83(78-98-85(90)72-68-64-60-56-52-49-45-43-41-39-37-34-30-26-22-18-14-10-6-2)80-102-106(95,96)100-76-81(88)75-99-105(93,94)101-79-82(77-97-84(89)71-67-63-59-55-51-47-32-28-24-20-16-12-8-4)103-86(91)73-69-65-61-57-53-48-35-31-27-23-19-15-11-7-3/h81-83,88H,5-80H2,1-4H3,(H,93,94)(H,95,96)/t81-,82+,83+/m0/s1. The topological polar surface area (TPSA) is 237 Å². The highest BCUT2D eigenvalue weighted by Gasteiger charge is 2.30. The van der Waals surface area contributed by atoms with Crippen molar-refractivity contribution in [1.82, 2.24) is 0 Å². The Morgan fingerprint density at radius 1 is 0.226 bits per heavy atom. The van der Waals surface area contributed by atoms with Crippen LogP contribution >= 0.6 is 15.6 Å². The lowest BCUT2D eigenvalue weighted by Gasteiger charge is -2.21. The van der Waals surface area contributed by atoms with Crippen molar-refractivity contribution in [2.75, 3.05) is 39.6 Å². The Balaban J connectivity index is 5.24. The number of ether oxygens (including phenoxy) is 4. The zero-order valence-corrected chi connectivity index (χ0v) is 71.2. The van der Waals surface area contributed by atoms with Gasteiger partial charge in [0, 0.05) is 25.7 Å². The van der Waals surface area contributed by atoms with Crippen molar-refractivity contribution < 1.29 is 80.2 Å². The molecule has 630 valence electrons. The van der Waals surface area contributed by atoms with Crippen LogP contribution in [-0.2, 0) is 65.4 Å². The van der Waals surface area contributed by atoms with E-state index >= 15 is 0 Å². The van der Waals surface area contributed by atoms with Gasteiger partial charge in [-0.25, -0.2) is 9.13 Å². The number of rotatable bonds is 88. The minimum absolute atomic E-state index is 0.109. The maximum Gasteiger partial charge on any atom is 0.472 e. The molecule has 3 N–H and O–H groups in total. The van der Waals surface area contributed by atoms with Crippen LogP contribution in [0.2, 0.25) is 0 Å². The minimum atomic E-state index is -4.97. The summed E-state index contributed by atoms with van der Waals surface area (Å²) in [5, 5.41) is 10.7. The zero-order valence-electron chi connectivity index (χ0n) is 69.4. The SMILES string of the molecule is CCCCCCCCCCCCCCCCCCCCCCC(=O)O[C@H](COC(=O)CCCCCCCCCCCCCCCCCCCCC)COP(=O)(O)OC[C@@H](O)COP(=O)(O)OC[C@@H](COC(=O)CCCCCCCCCCCCCCC)OC(=O)CCCCCCCCCCCCCCCC. The molecule has 0 aliphatic heterocycles. The third-order valence-electron chi connectivity index (χ3n) is 20.6.